The topological polar surface area (TPSA) is 69.8 Å². The number of hydrogen-bond acceptors (Lipinski definition) is 3. The third kappa shape index (κ3) is 4.63. The summed E-state index contributed by atoms with van der Waals surface area (Å²) in [4.78, 5) is 11.9. The second-order valence-electron chi connectivity index (χ2n) is 5.53. The lowest BCUT2D eigenvalue weighted by molar-refractivity contribution is 0.0948. The Hall–Kier alpha value is -1.36. The van der Waals surface area contributed by atoms with E-state index in [0.29, 0.717) is 18.3 Å². The van der Waals surface area contributed by atoms with Crippen molar-refractivity contribution < 1.29 is 4.79 Å². The molecule has 1 saturated carbocycles. The van der Waals surface area contributed by atoms with Gasteiger partial charge in [-0.05, 0) is 25.3 Å². The molecule has 5 heteroatoms. The van der Waals surface area contributed by atoms with Crippen molar-refractivity contribution in [3.8, 4) is 0 Å². The van der Waals surface area contributed by atoms with Crippen LogP contribution in [0.25, 0.3) is 0 Å². The van der Waals surface area contributed by atoms with E-state index in [1.54, 1.807) is 0 Å². The molecule has 1 aromatic heterocycles. The molecular weight excluding hydrogens is 252 g/mol. The van der Waals surface area contributed by atoms with E-state index in [1.165, 1.54) is 38.5 Å². The third-order valence-electron chi connectivity index (χ3n) is 3.94. The molecule has 20 heavy (non-hydrogen) atoms. The molecule has 1 amide bonds. The van der Waals surface area contributed by atoms with Gasteiger partial charge in [0.15, 0.2) is 0 Å². The maximum absolute atomic E-state index is 11.9. The highest BCUT2D eigenvalue weighted by atomic mass is 16.1. The Morgan fingerprint density at radius 3 is 2.70 bits per heavy atom. The Bertz CT molecular complexity index is 408. The van der Waals surface area contributed by atoms with Crippen LogP contribution in [0.3, 0.4) is 0 Å². The fourth-order valence-corrected chi connectivity index (χ4v) is 2.69. The van der Waals surface area contributed by atoms with Crippen LogP contribution >= 0.6 is 0 Å². The quantitative estimate of drug-likeness (QED) is 0.551. The number of carbonyl (C=O) groups is 1. The Morgan fingerprint density at radius 2 is 2.05 bits per heavy atom. The number of nitrogens with zero attached hydrogens (tertiary/aromatic N) is 1. The van der Waals surface area contributed by atoms with E-state index in [1.807, 2.05) is 13.0 Å². The van der Waals surface area contributed by atoms with E-state index in [9.17, 15) is 4.79 Å². The van der Waals surface area contributed by atoms with Crippen molar-refractivity contribution in [2.45, 2.75) is 57.9 Å². The number of carbonyl (C=O) groups excluding carboxylic acids is 1. The van der Waals surface area contributed by atoms with E-state index < -0.39 is 0 Å². The molecule has 1 aromatic rings. The molecule has 0 radical (unpaired) electrons. The summed E-state index contributed by atoms with van der Waals surface area (Å²) in [6.45, 7) is 3.52. The zero-order chi connectivity index (χ0) is 14.2. The molecule has 0 bridgehead atoms. The van der Waals surface area contributed by atoms with Crippen LogP contribution in [0.4, 0.5) is 0 Å². The van der Waals surface area contributed by atoms with Crippen LogP contribution in [0.5, 0.6) is 0 Å². The number of H-pyrrole nitrogens is 1. The van der Waals surface area contributed by atoms with Gasteiger partial charge < -0.3 is 10.6 Å². The number of nitrogens with one attached hydrogen (secondary N) is 3. The lowest BCUT2D eigenvalue weighted by atomic mass is 10.1. The van der Waals surface area contributed by atoms with E-state index >= 15 is 0 Å². The number of hydrogen-bond donors (Lipinski definition) is 3. The van der Waals surface area contributed by atoms with E-state index in [-0.39, 0.29) is 5.91 Å². The van der Waals surface area contributed by atoms with Gasteiger partial charge in [-0.2, -0.15) is 5.10 Å². The maximum Gasteiger partial charge on any atom is 0.271 e. The number of aryl methyl sites for hydroxylation is 1. The fourth-order valence-electron chi connectivity index (χ4n) is 2.69. The zero-order valence-corrected chi connectivity index (χ0v) is 12.4. The minimum Gasteiger partial charge on any atom is -0.349 e. The smallest absolute Gasteiger partial charge is 0.271 e. The lowest BCUT2D eigenvalue weighted by Crippen LogP contribution is -2.37. The van der Waals surface area contributed by atoms with Crippen LogP contribution in [0.1, 0.15) is 61.6 Å². The number of amides is 1. The van der Waals surface area contributed by atoms with Crippen LogP contribution in [0.15, 0.2) is 6.07 Å². The van der Waals surface area contributed by atoms with Crippen LogP contribution < -0.4 is 10.6 Å². The summed E-state index contributed by atoms with van der Waals surface area (Å²) in [7, 11) is 0. The van der Waals surface area contributed by atoms with Gasteiger partial charge in [0.05, 0.1) is 0 Å². The summed E-state index contributed by atoms with van der Waals surface area (Å²) < 4.78 is 0. The molecule has 1 heterocycles. The molecular formula is C15H26N4O. The monoisotopic (exact) mass is 278 g/mol. The van der Waals surface area contributed by atoms with Gasteiger partial charge in [0, 0.05) is 24.8 Å². The highest BCUT2D eigenvalue weighted by molar-refractivity contribution is 5.92. The van der Waals surface area contributed by atoms with Crippen LogP contribution in [-0.4, -0.2) is 35.2 Å². The zero-order valence-electron chi connectivity index (χ0n) is 12.4. The first-order chi connectivity index (χ1) is 9.79. The van der Waals surface area contributed by atoms with Gasteiger partial charge in [0.25, 0.3) is 5.91 Å². The van der Waals surface area contributed by atoms with Crippen molar-refractivity contribution in [1.82, 2.24) is 20.8 Å². The number of aromatic amines is 1. The minimum absolute atomic E-state index is 0.0939. The summed E-state index contributed by atoms with van der Waals surface area (Å²) in [6, 6.07) is 2.44. The standard InChI is InChI=1S/C15H26N4O/c1-2-12-11-14(19-18-12)15(20)17-10-9-16-13-7-5-3-4-6-8-13/h11,13,16H,2-10H2,1H3,(H,17,20)(H,18,19). The predicted octanol–water partition coefficient (Wildman–Crippen LogP) is 2.01. The fraction of sp³-hybridized carbons (Fsp3) is 0.733. The average Bonchev–Trinajstić information content (AvgIpc) is 2.80. The molecule has 0 aromatic carbocycles. The molecule has 2 rings (SSSR count). The molecule has 1 aliphatic rings. The van der Waals surface area contributed by atoms with Crippen LogP contribution in [0, 0.1) is 0 Å². The Labute approximate surface area is 120 Å². The maximum atomic E-state index is 11.9. The summed E-state index contributed by atoms with van der Waals surface area (Å²) in [6.07, 6.45) is 8.81. The van der Waals surface area contributed by atoms with E-state index in [0.717, 1.165) is 18.7 Å². The van der Waals surface area contributed by atoms with Crippen molar-refractivity contribution in [1.29, 1.82) is 0 Å². The molecule has 0 spiro atoms. The Balaban J connectivity index is 1.63. The molecule has 112 valence electrons. The highest BCUT2D eigenvalue weighted by Gasteiger charge is 2.12. The SMILES string of the molecule is CCc1cc(C(=O)NCCNC2CCCCCC2)n[nH]1. The van der Waals surface area contributed by atoms with E-state index in [2.05, 4.69) is 20.8 Å². The van der Waals surface area contributed by atoms with Gasteiger partial charge in [-0.25, -0.2) is 0 Å². The Morgan fingerprint density at radius 1 is 1.30 bits per heavy atom. The molecule has 0 aliphatic heterocycles. The van der Waals surface area contributed by atoms with Crippen molar-refractivity contribution in [2.75, 3.05) is 13.1 Å². The average molecular weight is 278 g/mol. The molecule has 5 nitrogen and oxygen atoms in total. The first-order valence-electron chi connectivity index (χ1n) is 7.85. The van der Waals surface area contributed by atoms with Gasteiger partial charge in [-0.1, -0.05) is 32.6 Å². The molecule has 0 unspecified atom stereocenters. The largest absolute Gasteiger partial charge is 0.349 e. The van der Waals surface area contributed by atoms with Gasteiger partial charge in [0.2, 0.25) is 0 Å². The van der Waals surface area contributed by atoms with Gasteiger partial charge >= 0.3 is 0 Å². The van der Waals surface area contributed by atoms with Gasteiger partial charge in [0.1, 0.15) is 5.69 Å². The summed E-state index contributed by atoms with van der Waals surface area (Å²) in [5.74, 6) is -0.0939. The van der Waals surface area contributed by atoms with Crippen molar-refractivity contribution in [3.05, 3.63) is 17.5 Å². The summed E-state index contributed by atoms with van der Waals surface area (Å²) in [5, 5.41) is 13.3. The number of aromatic nitrogens is 2. The Kier molecular flexibility index (Phi) is 6.05. The van der Waals surface area contributed by atoms with Crippen molar-refractivity contribution in [2.24, 2.45) is 0 Å². The van der Waals surface area contributed by atoms with Crippen molar-refractivity contribution in [3.63, 3.8) is 0 Å². The lowest BCUT2D eigenvalue weighted by Gasteiger charge is -2.16. The summed E-state index contributed by atoms with van der Waals surface area (Å²) >= 11 is 0. The number of rotatable bonds is 6. The van der Waals surface area contributed by atoms with Crippen molar-refractivity contribution >= 4 is 5.91 Å². The van der Waals surface area contributed by atoms with Gasteiger partial charge in [-0.15, -0.1) is 0 Å². The normalized spacial score (nSPS) is 16.9. The molecule has 3 N–H and O–H groups in total. The molecule has 1 aliphatic carbocycles. The van der Waals surface area contributed by atoms with Gasteiger partial charge in [-0.3, -0.25) is 9.89 Å². The molecule has 0 saturated heterocycles. The first-order valence-corrected chi connectivity index (χ1v) is 7.85. The predicted molar refractivity (Wildman–Crippen MR) is 79.8 cm³/mol. The minimum atomic E-state index is -0.0939. The molecule has 0 atom stereocenters. The second-order valence-corrected chi connectivity index (χ2v) is 5.53. The summed E-state index contributed by atoms with van der Waals surface area (Å²) in [5.41, 5.74) is 1.48. The van der Waals surface area contributed by atoms with Crippen LogP contribution in [0.2, 0.25) is 0 Å². The third-order valence-corrected chi connectivity index (χ3v) is 3.94. The second kappa shape index (κ2) is 8.04. The van der Waals surface area contributed by atoms with Crippen LogP contribution in [-0.2, 0) is 6.42 Å². The first kappa shape index (κ1) is 15.0. The van der Waals surface area contributed by atoms with E-state index in [4.69, 9.17) is 0 Å². The molecule has 1 fully saturated rings. The highest BCUT2D eigenvalue weighted by Crippen LogP contribution is 2.16.